The van der Waals surface area contributed by atoms with E-state index < -0.39 is 10.0 Å². The van der Waals surface area contributed by atoms with Crippen molar-refractivity contribution in [3.05, 3.63) is 5.01 Å². The molecule has 0 unspecified atom stereocenters. The van der Waals surface area contributed by atoms with Gasteiger partial charge in [-0.1, -0.05) is 11.3 Å². The molecule has 0 saturated carbocycles. The molecule has 0 bridgehead atoms. The van der Waals surface area contributed by atoms with Gasteiger partial charge in [-0.15, -0.1) is 10.2 Å². The topological polar surface area (TPSA) is 92.2 Å². The number of aliphatic hydroxyl groups is 1. The highest BCUT2D eigenvalue weighted by molar-refractivity contribution is 7.92. The average Bonchev–Trinajstić information content (AvgIpc) is 2.50. The third-order valence-electron chi connectivity index (χ3n) is 1.59. The molecular weight excluding hydrogens is 238 g/mol. The molecule has 0 saturated heterocycles. The van der Waals surface area contributed by atoms with Crippen LogP contribution < -0.4 is 4.72 Å². The van der Waals surface area contributed by atoms with Crippen molar-refractivity contribution in [2.24, 2.45) is 0 Å². The molecule has 15 heavy (non-hydrogen) atoms. The predicted molar refractivity (Wildman–Crippen MR) is 58.4 cm³/mol. The first-order chi connectivity index (χ1) is 7.03. The molecule has 0 aliphatic heterocycles. The van der Waals surface area contributed by atoms with Crippen LogP contribution in [0.15, 0.2) is 0 Å². The van der Waals surface area contributed by atoms with Gasteiger partial charge in [0.15, 0.2) is 0 Å². The number of rotatable bonds is 6. The van der Waals surface area contributed by atoms with Crippen molar-refractivity contribution < 1.29 is 13.5 Å². The Morgan fingerprint density at radius 3 is 2.67 bits per heavy atom. The van der Waals surface area contributed by atoms with Gasteiger partial charge in [-0.25, -0.2) is 8.42 Å². The summed E-state index contributed by atoms with van der Waals surface area (Å²) < 4.78 is 25.2. The van der Waals surface area contributed by atoms with E-state index >= 15 is 0 Å². The van der Waals surface area contributed by atoms with Crippen molar-refractivity contribution in [3.8, 4) is 0 Å². The average molecular weight is 251 g/mol. The second kappa shape index (κ2) is 5.38. The van der Waals surface area contributed by atoms with E-state index in [2.05, 4.69) is 14.9 Å². The first kappa shape index (κ1) is 12.3. The summed E-state index contributed by atoms with van der Waals surface area (Å²) >= 11 is 1.19. The monoisotopic (exact) mass is 251 g/mol. The highest BCUT2D eigenvalue weighted by Gasteiger charge is 2.12. The summed E-state index contributed by atoms with van der Waals surface area (Å²) in [4.78, 5) is 0. The van der Waals surface area contributed by atoms with Gasteiger partial charge in [-0.05, 0) is 19.8 Å². The summed E-state index contributed by atoms with van der Waals surface area (Å²) in [5.41, 5.74) is 0. The maximum absolute atomic E-state index is 11.4. The number of hydrogen-bond donors (Lipinski definition) is 2. The van der Waals surface area contributed by atoms with E-state index in [-0.39, 0.29) is 17.5 Å². The Balaban J connectivity index is 2.49. The Hall–Kier alpha value is -0.730. The Bertz CT molecular complexity index is 401. The molecule has 86 valence electrons. The molecular formula is C7H13N3O3S2. The Labute approximate surface area is 92.4 Å². The van der Waals surface area contributed by atoms with E-state index in [9.17, 15) is 8.42 Å². The van der Waals surface area contributed by atoms with Crippen LogP contribution in [-0.2, 0) is 10.0 Å². The Morgan fingerprint density at radius 2 is 2.13 bits per heavy atom. The molecule has 6 nitrogen and oxygen atoms in total. The van der Waals surface area contributed by atoms with E-state index in [0.717, 1.165) is 0 Å². The van der Waals surface area contributed by atoms with Crippen LogP contribution in [0.1, 0.15) is 17.8 Å². The van der Waals surface area contributed by atoms with Crippen molar-refractivity contribution in [2.75, 3.05) is 17.1 Å². The lowest BCUT2D eigenvalue weighted by molar-refractivity contribution is 0.287. The number of nitrogens with one attached hydrogen (secondary N) is 1. The smallest absolute Gasteiger partial charge is 0.234 e. The van der Waals surface area contributed by atoms with E-state index in [0.29, 0.717) is 17.8 Å². The van der Waals surface area contributed by atoms with Crippen LogP contribution in [0, 0.1) is 6.92 Å². The van der Waals surface area contributed by atoms with Crippen molar-refractivity contribution in [1.82, 2.24) is 10.2 Å². The third-order valence-corrected chi connectivity index (χ3v) is 3.80. The van der Waals surface area contributed by atoms with E-state index in [1.807, 2.05) is 0 Å². The molecule has 0 radical (unpaired) electrons. The molecule has 1 rings (SSSR count). The lowest BCUT2D eigenvalue weighted by atomic mass is 10.4. The molecule has 1 aromatic rings. The summed E-state index contributed by atoms with van der Waals surface area (Å²) in [6.07, 6.45) is 0.916. The van der Waals surface area contributed by atoms with E-state index in [1.54, 1.807) is 6.92 Å². The summed E-state index contributed by atoms with van der Waals surface area (Å²) in [5.74, 6) is -0.00775. The van der Waals surface area contributed by atoms with Crippen LogP contribution in [0.4, 0.5) is 5.13 Å². The number of hydrogen-bond acceptors (Lipinski definition) is 6. The second-order valence-corrected chi connectivity index (χ2v) is 6.00. The van der Waals surface area contributed by atoms with Crippen LogP contribution in [0.5, 0.6) is 0 Å². The minimum atomic E-state index is -3.35. The van der Waals surface area contributed by atoms with Crippen LogP contribution in [0.2, 0.25) is 0 Å². The zero-order valence-electron chi connectivity index (χ0n) is 8.30. The molecule has 1 heterocycles. The minimum absolute atomic E-state index is 0.00738. The maximum atomic E-state index is 11.4. The highest BCUT2D eigenvalue weighted by Crippen LogP contribution is 2.15. The standard InChI is InChI=1S/C7H13N3O3S2/c1-6-8-9-7(14-6)10-15(12,13)5-3-2-4-11/h11H,2-5H2,1H3,(H,9,10). The first-order valence-electron chi connectivity index (χ1n) is 4.45. The summed E-state index contributed by atoms with van der Waals surface area (Å²) in [6, 6.07) is 0. The quantitative estimate of drug-likeness (QED) is 0.712. The molecule has 0 aliphatic rings. The van der Waals surface area contributed by atoms with Crippen molar-refractivity contribution in [1.29, 1.82) is 0 Å². The van der Waals surface area contributed by atoms with Gasteiger partial charge in [0.25, 0.3) is 0 Å². The Kier molecular flexibility index (Phi) is 4.43. The summed E-state index contributed by atoms with van der Waals surface area (Å²) in [6.45, 7) is 1.76. The molecule has 0 aliphatic carbocycles. The SMILES string of the molecule is Cc1nnc(NS(=O)(=O)CCCCO)s1. The molecule has 0 aromatic carbocycles. The van der Waals surface area contributed by atoms with Crippen LogP contribution in [0.25, 0.3) is 0 Å². The van der Waals surface area contributed by atoms with E-state index in [4.69, 9.17) is 5.11 Å². The zero-order valence-corrected chi connectivity index (χ0v) is 9.94. The minimum Gasteiger partial charge on any atom is -0.396 e. The number of sulfonamides is 1. The van der Waals surface area contributed by atoms with Gasteiger partial charge in [-0.2, -0.15) is 0 Å². The lowest BCUT2D eigenvalue weighted by Crippen LogP contribution is -2.16. The second-order valence-electron chi connectivity index (χ2n) is 2.98. The summed E-state index contributed by atoms with van der Waals surface area (Å²) in [5, 5.41) is 16.9. The van der Waals surface area contributed by atoms with E-state index in [1.165, 1.54) is 11.3 Å². The fourth-order valence-electron chi connectivity index (χ4n) is 0.926. The number of nitrogens with zero attached hydrogens (tertiary/aromatic N) is 2. The first-order valence-corrected chi connectivity index (χ1v) is 6.92. The molecule has 8 heteroatoms. The van der Waals surface area contributed by atoms with Gasteiger partial charge in [0, 0.05) is 6.61 Å². The van der Waals surface area contributed by atoms with Crippen LogP contribution in [0.3, 0.4) is 0 Å². The van der Waals surface area contributed by atoms with Crippen molar-refractivity contribution in [2.45, 2.75) is 19.8 Å². The van der Waals surface area contributed by atoms with Gasteiger partial charge in [0.05, 0.1) is 5.75 Å². The molecule has 0 fully saturated rings. The number of aromatic nitrogens is 2. The van der Waals surface area contributed by atoms with Crippen molar-refractivity contribution >= 4 is 26.5 Å². The fraction of sp³-hybridized carbons (Fsp3) is 0.714. The van der Waals surface area contributed by atoms with Crippen LogP contribution >= 0.6 is 11.3 Å². The van der Waals surface area contributed by atoms with Crippen molar-refractivity contribution in [3.63, 3.8) is 0 Å². The predicted octanol–water partition coefficient (Wildman–Crippen LogP) is 0.361. The molecule has 0 spiro atoms. The van der Waals surface area contributed by atoms with Gasteiger partial charge in [-0.3, -0.25) is 4.72 Å². The number of anilines is 1. The normalized spacial score (nSPS) is 11.6. The summed E-state index contributed by atoms with van der Waals surface area (Å²) in [7, 11) is -3.35. The number of aliphatic hydroxyl groups excluding tert-OH is 1. The number of aryl methyl sites for hydroxylation is 1. The Morgan fingerprint density at radius 1 is 1.40 bits per heavy atom. The van der Waals surface area contributed by atoms with Gasteiger partial charge in [0.2, 0.25) is 15.2 Å². The highest BCUT2D eigenvalue weighted by atomic mass is 32.2. The zero-order chi connectivity index (χ0) is 11.3. The lowest BCUT2D eigenvalue weighted by Gasteiger charge is -2.02. The maximum Gasteiger partial charge on any atom is 0.234 e. The van der Waals surface area contributed by atoms with Gasteiger partial charge < -0.3 is 5.11 Å². The molecule has 0 atom stereocenters. The number of unbranched alkanes of at least 4 members (excludes halogenated alkanes) is 1. The molecule has 1 aromatic heterocycles. The fourth-order valence-corrected chi connectivity index (χ4v) is 2.91. The third kappa shape index (κ3) is 4.54. The molecule has 0 amide bonds. The largest absolute Gasteiger partial charge is 0.396 e. The van der Waals surface area contributed by atoms with Gasteiger partial charge >= 0.3 is 0 Å². The van der Waals surface area contributed by atoms with Gasteiger partial charge in [0.1, 0.15) is 5.01 Å². The van der Waals surface area contributed by atoms with Crippen LogP contribution in [-0.4, -0.2) is 36.1 Å². The molecule has 2 N–H and O–H groups in total.